The van der Waals surface area contributed by atoms with E-state index in [4.69, 9.17) is 0 Å². The van der Waals surface area contributed by atoms with Gasteiger partial charge in [-0.05, 0) is 24.7 Å². The third-order valence-electron chi connectivity index (χ3n) is 4.21. The topological polar surface area (TPSA) is 29.1 Å². The molecule has 0 atom stereocenters. The molecule has 0 rings (SSSR count). The summed E-state index contributed by atoms with van der Waals surface area (Å²) >= 11 is 0. The summed E-state index contributed by atoms with van der Waals surface area (Å²) < 4.78 is 0. The Hall–Kier alpha value is -0.530. The largest absolute Gasteiger partial charge is 0.353 e. The molecule has 96 valence electrons. The summed E-state index contributed by atoms with van der Waals surface area (Å²) in [6, 6.07) is 0.323. The van der Waals surface area contributed by atoms with E-state index in [1.165, 1.54) is 0 Å². The first-order chi connectivity index (χ1) is 7.30. The summed E-state index contributed by atoms with van der Waals surface area (Å²) in [6.07, 6.45) is 2.02. The zero-order valence-corrected chi connectivity index (χ0v) is 12.1. The molecule has 0 aliphatic rings. The van der Waals surface area contributed by atoms with Crippen molar-refractivity contribution in [2.24, 2.45) is 17.3 Å². The van der Waals surface area contributed by atoms with Gasteiger partial charge in [0.1, 0.15) is 0 Å². The maximum atomic E-state index is 12.4. The van der Waals surface area contributed by atoms with E-state index >= 15 is 0 Å². The number of carbonyl (C=O) groups is 1. The Balaban J connectivity index is 4.77. The zero-order valence-electron chi connectivity index (χ0n) is 12.1. The minimum absolute atomic E-state index is 0.214. The van der Waals surface area contributed by atoms with Crippen molar-refractivity contribution in [1.29, 1.82) is 0 Å². The Morgan fingerprint density at radius 3 is 1.69 bits per heavy atom. The van der Waals surface area contributed by atoms with Gasteiger partial charge >= 0.3 is 0 Å². The summed E-state index contributed by atoms with van der Waals surface area (Å²) in [7, 11) is 0. The second kappa shape index (κ2) is 6.27. The van der Waals surface area contributed by atoms with Crippen LogP contribution in [0.4, 0.5) is 0 Å². The molecule has 0 aromatic carbocycles. The number of nitrogens with one attached hydrogen (secondary N) is 1. The predicted molar refractivity (Wildman–Crippen MR) is 70.3 cm³/mol. The van der Waals surface area contributed by atoms with Gasteiger partial charge in [0, 0.05) is 6.04 Å². The molecule has 0 saturated carbocycles. The fourth-order valence-corrected chi connectivity index (χ4v) is 2.02. The van der Waals surface area contributed by atoms with E-state index < -0.39 is 0 Å². The minimum atomic E-state index is -0.261. The van der Waals surface area contributed by atoms with Crippen molar-refractivity contribution in [3.63, 3.8) is 0 Å². The van der Waals surface area contributed by atoms with Gasteiger partial charge < -0.3 is 5.32 Å². The standard InChI is InChI=1S/C14H29NO/c1-8-12(9-2)15-13(16)14(7,10(3)4)11(5)6/h10-12H,8-9H2,1-7H3,(H,15,16). The van der Waals surface area contributed by atoms with Crippen LogP contribution in [0, 0.1) is 17.3 Å². The van der Waals surface area contributed by atoms with Gasteiger partial charge in [-0.3, -0.25) is 4.79 Å². The van der Waals surface area contributed by atoms with Gasteiger partial charge in [0.15, 0.2) is 0 Å². The number of rotatable bonds is 6. The third-order valence-corrected chi connectivity index (χ3v) is 4.21. The SMILES string of the molecule is CCC(CC)NC(=O)C(C)(C(C)C)C(C)C. The lowest BCUT2D eigenvalue weighted by Crippen LogP contribution is -2.49. The van der Waals surface area contributed by atoms with Gasteiger partial charge in [0.05, 0.1) is 5.41 Å². The second-order valence-corrected chi connectivity index (χ2v) is 5.58. The third kappa shape index (κ3) is 3.23. The maximum Gasteiger partial charge on any atom is 0.226 e. The molecule has 0 fully saturated rings. The van der Waals surface area contributed by atoms with Crippen LogP contribution in [0.3, 0.4) is 0 Å². The van der Waals surface area contributed by atoms with Crippen molar-refractivity contribution in [3.05, 3.63) is 0 Å². The molecule has 0 aromatic rings. The van der Waals surface area contributed by atoms with Gasteiger partial charge in [0.2, 0.25) is 5.91 Å². The van der Waals surface area contributed by atoms with Crippen LogP contribution < -0.4 is 5.32 Å². The lowest BCUT2D eigenvalue weighted by atomic mass is 9.69. The molecule has 0 aliphatic carbocycles. The summed E-state index contributed by atoms with van der Waals surface area (Å²) in [5, 5.41) is 3.18. The van der Waals surface area contributed by atoms with Crippen LogP contribution in [0.1, 0.15) is 61.3 Å². The molecule has 0 unspecified atom stereocenters. The van der Waals surface area contributed by atoms with Crippen LogP contribution in [-0.4, -0.2) is 11.9 Å². The Morgan fingerprint density at radius 1 is 1.06 bits per heavy atom. The van der Waals surface area contributed by atoms with E-state index in [9.17, 15) is 4.79 Å². The molecule has 1 N–H and O–H groups in total. The van der Waals surface area contributed by atoms with E-state index in [1.807, 2.05) is 0 Å². The molecule has 2 nitrogen and oxygen atoms in total. The smallest absolute Gasteiger partial charge is 0.226 e. The molecule has 0 saturated heterocycles. The van der Waals surface area contributed by atoms with Gasteiger partial charge in [0.25, 0.3) is 0 Å². The molecule has 0 bridgehead atoms. The van der Waals surface area contributed by atoms with E-state index in [-0.39, 0.29) is 11.3 Å². The predicted octanol–water partition coefficient (Wildman–Crippen LogP) is 3.61. The highest BCUT2D eigenvalue weighted by molar-refractivity contribution is 5.83. The van der Waals surface area contributed by atoms with Gasteiger partial charge in [-0.1, -0.05) is 48.5 Å². The van der Waals surface area contributed by atoms with Crippen LogP contribution in [0.25, 0.3) is 0 Å². The molecule has 2 heteroatoms. The molecular formula is C14H29NO. The van der Waals surface area contributed by atoms with Crippen molar-refractivity contribution in [3.8, 4) is 0 Å². The fourth-order valence-electron chi connectivity index (χ4n) is 2.02. The Bertz CT molecular complexity index is 209. The normalized spacial score (nSPS) is 12.6. The first-order valence-electron chi connectivity index (χ1n) is 6.61. The number of hydrogen-bond donors (Lipinski definition) is 1. The Labute approximate surface area is 101 Å². The lowest BCUT2D eigenvalue weighted by molar-refractivity contribution is -0.136. The molecule has 0 aliphatic heterocycles. The molecular weight excluding hydrogens is 198 g/mol. The second-order valence-electron chi connectivity index (χ2n) is 5.58. The van der Waals surface area contributed by atoms with Crippen LogP contribution >= 0.6 is 0 Å². The maximum absolute atomic E-state index is 12.4. The number of hydrogen-bond acceptors (Lipinski definition) is 1. The molecule has 0 aromatic heterocycles. The van der Waals surface area contributed by atoms with Crippen molar-refractivity contribution in [2.75, 3.05) is 0 Å². The number of carbonyl (C=O) groups excluding carboxylic acids is 1. The molecule has 0 radical (unpaired) electrons. The van der Waals surface area contributed by atoms with Crippen molar-refractivity contribution < 1.29 is 4.79 Å². The highest BCUT2D eigenvalue weighted by atomic mass is 16.2. The summed E-state index contributed by atoms with van der Waals surface area (Å²) in [6.45, 7) is 14.9. The van der Waals surface area contributed by atoms with E-state index in [1.54, 1.807) is 0 Å². The average Bonchev–Trinajstić information content (AvgIpc) is 2.23. The van der Waals surface area contributed by atoms with Crippen molar-refractivity contribution in [1.82, 2.24) is 5.32 Å². The quantitative estimate of drug-likeness (QED) is 0.738. The van der Waals surface area contributed by atoms with E-state index in [0.29, 0.717) is 17.9 Å². The highest BCUT2D eigenvalue weighted by Crippen LogP contribution is 2.35. The van der Waals surface area contributed by atoms with Crippen molar-refractivity contribution >= 4 is 5.91 Å². The summed E-state index contributed by atoms with van der Waals surface area (Å²) in [5.41, 5.74) is -0.261. The van der Waals surface area contributed by atoms with E-state index in [0.717, 1.165) is 12.8 Å². The zero-order chi connectivity index (χ0) is 12.9. The van der Waals surface area contributed by atoms with Crippen LogP contribution in [0.5, 0.6) is 0 Å². The summed E-state index contributed by atoms with van der Waals surface area (Å²) in [5.74, 6) is 0.940. The van der Waals surface area contributed by atoms with Crippen LogP contribution in [0.2, 0.25) is 0 Å². The monoisotopic (exact) mass is 227 g/mol. The van der Waals surface area contributed by atoms with Crippen LogP contribution in [-0.2, 0) is 4.79 Å². The average molecular weight is 227 g/mol. The fraction of sp³-hybridized carbons (Fsp3) is 0.929. The lowest BCUT2D eigenvalue weighted by Gasteiger charge is -2.37. The van der Waals surface area contributed by atoms with Crippen molar-refractivity contribution in [2.45, 2.75) is 67.3 Å². The Morgan fingerprint density at radius 2 is 1.44 bits per heavy atom. The molecule has 0 spiro atoms. The van der Waals surface area contributed by atoms with Gasteiger partial charge in [-0.25, -0.2) is 0 Å². The van der Waals surface area contributed by atoms with E-state index in [2.05, 4.69) is 53.8 Å². The molecule has 16 heavy (non-hydrogen) atoms. The first-order valence-corrected chi connectivity index (χ1v) is 6.61. The molecule has 0 heterocycles. The highest BCUT2D eigenvalue weighted by Gasteiger charge is 2.39. The minimum Gasteiger partial charge on any atom is -0.353 e. The van der Waals surface area contributed by atoms with Gasteiger partial charge in [-0.15, -0.1) is 0 Å². The van der Waals surface area contributed by atoms with Gasteiger partial charge in [-0.2, -0.15) is 0 Å². The molecule has 1 amide bonds. The summed E-state index contributed by atoms with van der Waals surface area (Å²) in [4.78, 5) is 12.4. The first kappa shape index (κ1) is 15.5. The number of amides is 1. The van der Waals surface area contributed by atoms with Crippen LogP contribution in [0.15, 0.2) is 0 Å². The Kier molecular flexibility index (Phi) is 6.06.